The maximum absolute atomic E-state index is 12.5. The van der Waals surface area contributed by atoms with E-state index < -0.39 is 12.1 Å². The molecule has 4 heteroatoms. The summed E-state index contributed by atoms with van der Waals surface area (Å²) in [4.78, 5) is 12.5. The van der Waals surface area contributed by atoms with E-state index in [4.69, 9.17) is 0 Å². The van der Waals surface area contributed by atoms with Gasteiger partial charge in [0.1, 0.15) is 0 Å². The zero-order valence-corrected chi connectivity index (χ0v) is 47.6. The van der Waals surface area contributed by atoms with Gasteiger partial charge >= 0.3 is 0 Å². The highest BCUT2D eigenvalue weighted by molar-refractivity contribution is 5.76. The van der Waals surface area contributed by atoms with Gasteiger partial charge in [-0.3, -0.25) is 4.79 Å². The van der Waals surface area contributed by atoms with Gasteiger partial charge in [-0.05, 0) is 64.2 Å². The van der Waals surface area contributed by atoms with Crippen LogP contribution in [0.1, 0.15) is 348 Å². The Bertz CT molecular complexity index is 1110. The number of hydrogen-bond acceptors (Lipinski definition) is 3. The molecule has 70 heavy (non-hydrogen) atoms. The lowest BCUT2D eigenvalue weighted by Crippen LogP contribution is -2.45. The molecule has 0 heterocycles. The van der Waals surface area contributed by atoms with Crippen molar-refractivity contribution in [1.29, 1.82) is 0 Å². The fraction of sp³-hybridized carbons (Fsp3) is 0.864. The van der Waals surface area contributed by atoms with Gasteiger partial charge < -0.3 is 15.5 Å². The molecule has 0 aromatic carbocycles. The zero-order chi connectivity index (χ0) is 50.6. The quantitative estimate of drug-likeness (QED) is 0.0420. The number of carbonyl (C=O) groups excluding carboxylic acids is 1. The summed E-state index contributed by atoms with van der Waals surface area (Å²) in [6.07, 6.45) is 86.1. The highest BCUT2D eigenvalue weighted by Gasteiger charge is 2.18. The average Bonchev–Trinajstić information content (AvgIpc) is 3.36. The van der Waals surface area contributed by atoms with Gasteiger partial charge in [0.2, 0.25) is 5.91 Å². The smallest absolute Gasteiger partial charge is 0.220 e. The normalized spacial score (nSPS) is 13.0. The lowest BCUT2D eigenvalue weighted by molar-refractivity contribution is -0.123. The van der Waals surface area contributed by atoms with E-state index in [1.165, 1.54) is 289 Å². The Hall–Kier alpha value is -1.65. The molecule has 0 fully saturated rings. The van der Waals surface area contributed by atoms with Gasteiger partial charge in [0.25, 0.3) is 0 Å². The topological polar surface area (TPSA) is 69.6 Å². The first-order valence-electron chi connectivity index (χ1n) is 31.9. The van der Waals surface area contributed by atoms with Crippen LogP contribution in [-0.4, -0.2) is 34.9 Å². The van der Waals surface area contributed by atoms with Gasteiger partial charge in [-0.25, -0.2) is 0 Å². The minimum Gasteiger partial charge on any atom is -0.394 e. The number of hydrogen-bond donors (Lipinski definition) is 3. The summed E-state index contributed by atoms with van der Waals surface area (Å²) in [6, 6.07) is -0.640. The molecule has 0 aliphatic carbocycles. The molecule has 0 spiro atoms. The van der Waals surface area contributed by atoms with Crippen LogP contribution >= 0.6 is 0 Å². The highest BCUT2D eigenvalue weighted by atomic mass is 16.3. The summed E-state index contributed by atoms with van der Waals surface area (Å²) >= 11 is 0. The third-order valence-corrected chi connectivity index (χ3v) is 14.8. The molecule has 0 aliphatic heterocycles. The first kappa shape index (κ1) is 68.4. The third-order valence-electron chi connectivity index (χ3n) is 14.8. The number of aliphatic hydroxyl groups is 2. The van der Waals surface area contributed by atoms with Gasteiger partial charge in [0.15, 0.2) is 0 Å². The van der Waals surface area contributed by atoms with Crippen molar-refractivity contribution in [3.05, 3.63) is 48.6 Å². The monoisotopic (exact) mass is 980 g/mol. The average molecular weight is 981 g/mol. The lowest BCUT2D eigenvalue weighted by atomic mass is 10.0. The van der Waals surface area contributed by atoms with Gasteiger partial charge in [0, 0.05) is 6.42 Å². The van der Waals surface area contributed by atoms with Crippen LogP contribution < -0.4 is 5.32 Å². The standard InChI is InChI=1S/C66H125NO3/c1-3-5-7-9-11-13-15-17-19-21-23-24-25-26-27-28-29-30-31-32-33-34-35-36-37-38-39-40-41-42-44-46-48-50-52-54-56-58-60-62-66(70)67-64(63-68)65(69)61-59-57-55-53-51-49-47-45-43-22-20-18-16-14-12-10-8-6-4-2/h29-30,32-33,51,53,59,61,64-65,68-69H,3-28,31,34-50,52,54-58,60,62-63H2,1-2H3,(H,67,70)/b30-29-,33-32-,53-51+,61-59+. The number of carbonyl (C=O) groups is 1. The van der Waals surface area contributed by atoms with Crippen LogP contribution in [0.15, 0.2) is 48.6 Å². The molecule has 0 saturated heterocycles. The second-order valence-electron chi connectivity index (χ2n) is 21.8. The first-order chi connectivity index (χ1) is 34.7. The SMILES string of the molecule is CCCCCCCCCCCCCCC/C=C/CC/C=C/C(O)C(CO)NC(=O)CCCCCCCCCCCCCCCCCCC/C=C\C/C=C\CCCCCCCCCCCCCCCCC. The Morgan fingerprint density at radius 2 is 0.600 bits per heavy atom. The van der Waals surface area contributed by atoms with Crippen LogP contribution in [0.2, 0.25) is 0 Å². The molecule has 4 nitrogen and oxygen atoms in total. The van der Waals surface area contributed by atoms with Crippen molar-refractivity contribution in [1.82, 2.24) is 5.32 Å². The van der Waals surface area contributed by atoms with E-state index in [9.17, 15) is 15.0 Å². The van der Waals surface area contributed by atoms with E-state index in [2.05, 4.69) is 55.6 Å². The molecule has 0 aromatic rings. The maximum Gasteiger partial charge on any atom is 0.220 e. The van der Waals surface area contributed by atoms with E-state index in [1.807, 2.05) is 6.08 Å². The number of amides is 1. The molecule has 0 rings (SSSR count). The largest absolute Gasteiger partial charge is 0.394 e. The summed E-state index contributed by atoms with van der Waals surface area (Å²) in [5.74, 6) is -0.0694. The Morgan fingerprint density at radius 3 is 0.914 bits per heavy atom. The number of rotatable bonds is 59. The second kappa shape index (κ2) is 61.6. The summed E-state index contributed by atoms with van der Waals surface area (Å²) in [5, 5.41) is 23.2. The van der Waals surface area contributed by atoms with E-state index in [0.29, 0.717) is 6.42 Å². The Balaban J connectivity index is 3.45. The van der Waals surface area contributed by atoms with E-state index in [-0.39, 0.29) is 12.5 Å². The van der Waals surface area contributed by atoms with Crippen LogP contribution in [0.25, 0.3) is 0 Å². The summed E-state index contributed by atoms with van der Waals surface area (Å²) in [6.45, 7) is 4.33. The molecule has 1 amide bonds. The molecule has 0 bridgehead atoms. The van der Waals surface area contributed by atoms with Crippen molar-refractivity contribution >= 4 is 5.91 Å². The van der Waals surface area contributed by atoms with Crippen LogP contribution in [0.5, 0.6) is 0 Å². The number of aliphatic hydroxyl groups excluding tert-OH is 2. The third kappa shape index (κ3) is 57.3. The van der Waals surface area contributed by atoms with Crippen molar-refractivity contribution in [3.8, 4) is 0 Å². The fourth-order valence-electron chi connectivity index (χ4n) is 9.94. The van der Waals surface area contributed by atoms with Crippen LogP contribution in [0, 0.1) is 0 Å². The molecule has 0 radical (unpaired) electrons. The van der Waals surface area contributed by atoms with Crippen molar-refractivity contribution in [2.75, 3.05) is 6.61 Å². The molecule has 2 atom stereocenters. The van der Waals surface area contributed by atoms with E-state index in [0.717, 1.165) is 38.5 Å². The maximum atomic E-state index is 12.5. The molecule has 0 aromatic heterocycles. The fourth-order valence-corrected chi connectivity index (χ4v) is 9.94. The van der Waals surface area contributed by atoms with E-state index in [1.54, 1.807) is 6.08 Å². The molecule has 2 unspecified atom stereocenters. The van der Waals surface area contributed by atoms with Gasteiger partial charge in [-0.15, -0.1) is 0 Å². The number of nitrogens with one attached hydrogen (secondary N) is 1. The van der Waals surface area contributed by atoms with Crippen molar-refractivity contribution in [3.63, 3.8) is 0 Å². The minimum absolute atomic E-state index is 0.0694. The second-order valence-corrected chi connectivity index (χ2v) is 21.8. The first-order valence-corrected chi connectivity index (χ1v) is 31.9. The number of unbranched alkanes of at least 4 members (excludes halogenated alkanes) is 46. The van der Waals surface area contributed by atoms with Crippen LogP contribution in [-0.2, 0) is 4.79 Å². The van der Waals surface area contributed by atoms with Crippen molar-refractivity contribution in [2.45, 2.75) is 360 Å². The molecular formula is C66H125NO3. The van der Waals surface area contributed by atoms with Crippen LogP contribution in [0.3, 0.4) is 0 Å². The minimum atomic E-state index is -0.863. The Labute approximate surface area is 439 Å². The number of allylic oxidation sites excluding steroid dienone is 7. The lowest BCUT2D eigenvalue weighted by Gasteiger charge is -2.19. The molecule has 0 saturated carbocycles. The molecule has 0 aliphatic rings. The predicted molar refractivity (Wildman–Crippen MR) is 313 cm³/mol. The predicted octanol–water partition coefficient (Wildman–Crippen LogP) is 21.4. The summed E-state index contributed by atoms with van der Waals surface area (Å²) in [5.41, 5.74) is 0. The molecular weight excluding hydrogens is 855 g/mol. The van der Waals surface area contributed by atoms with Gasteiger partial charge in [-0.2, -0.15) is 0 Å². The zero-order valence-electron chi connectivity index (χ0n) is 47.6. The van der Waals surface area contributed by atoms with Crippen molar-refractivity contribution in [2.24, 2.45) is 0 Å². The highest BCUT2D eigenvalue weighted by Crippen LogP contribution is 2.18. The van der Waals surface area contributed by atoms with Crippen molar-refractivity contribution < 1.29 is 15.0 Å². The Kier molecular flexibility index (Phi) is 60.2. The van der Waals surface area contributed by atoms with E-state index >= 15 is 0 Å². The molecule has 3 N–H and O–H groups in total. The van der Waals surface area contributed by atoms with Gasteiger partial charge in [0.05, 0.1) is 18.8 Å². The Morgan fingerprint density at radius 1 is 0.343 bits per heavy atom. The van der Waals surface area contributed by atoms with Crippen LogP contribution in [0.4, 0.5) is 0 Å². The summed E-state index contributed by atoms with van der Waals surface area (Å²) < 4.78 is 0. The molecule has 412 valence electrons. The van der Waals surface area contributed by atoms with Gasteiger partial charge in [-0.1, -0.05) is 326 Å². The summed E-state index contributed by atoms with van der Waals surface area (Å²) in [7, 11) is 0.